The van der Waals surface area contributed by atoms with Gasteiger partial charge < -0.3 is 15.7 Å². The lowest BCUT2D eigenvalue weighted by Gasteiger charge is -2.32. The number of hydrogen-bond acceptors (Lipinski definition) is 3. The third-order valence-electron chi connectivity index (χ3n) is 2.85. The Hall–Kier alpha value is -0.610. The molecule has 0 spiro atoms. The van der Waals surface area contributed by atoms with Gasteiger partial charge in [-0.2, -0.15) is 0 Å². The topological polar surface area (TPSA) is 61.4 Å². The van der Waals surface area contributed by atoms with Crippen molar-refractivity contribution in [2.24, 2.45) is 11.8 Å². The van der Waals surface area contributed by atoms with E-state index in [1.54, 1.807) is 0 Å². The van der Waals surface area contributed by atoms with Gasteiger partial charge in [-0.25, -0.2) is 0 Å². The van der Waals surface area contributed by atoms with Gasteiger partial charge in [0.1, 0.15) is 0 Å². The van der Waals surface area contributed by atoms with Crippen LogP contribution in [0.15, 0.2) is 0 Å². The first-order valence-electron chi connectivity index (χ1n) is 4.45. The molecule has 0 aromatic carbocycles. The summed E-state index contributed by atoms with van der Waals surface area (Å²) in [5.41, 5.74) is 0. The first-order valence-corrected chi connectivity index (χ1v) is 4.45. The zero-order valence-electron chi connectivity index (χ0n) is 6.92. The second-order valence-corrected chi connectivity index (χ2v) is 3.55. The fourth-order valence-corrected chi connectivity index (χ4v) is 2.17. The summed E-state index contributed by atoms with van der Waals surface area (Å²) in [5.74, 6) is 0.834. The Balaban J connectivity index is 1.81. The van der Waals surface area contributed by atoms with Gasteiger partial charge in [0.25, 0.3) is 0 Å². The second-order valence-electron chi connectivity index (χ2n) is 3.55. The molecule has 3 rings (SSSR count). The maximum absolute atomic E-state index is 11.4. The molecule has 2 aliphatic heterocycles. The number of carbonyl (C=O) groups excluding carboxylic acids is 1. The van der Waals surface area contributed by atoms with E-state index in [1.165, 1.54) is 0 Å². The van der Waals surface area contributed by atoms with E-state index in [0.29, 0.717) is 18.5 Å². The zero-order chi connectivity index (χ0) is 8.55. The second kappa shape index (κ2) is 3.03. The third kappa shape index (κ3) is 1.11. The van der Waals surface area contributed by atoms with Crippen molar-refractivity contribution in [3.63, 3.8) is 0 Å². The van der Waals surface area contributed by atoms with Gasteiger partial charge in [-0.15, -0.1) is 0 Å². The molecule has 0 aromatic heterocycles. The summed E-state index contributed by atoms with van der Waals surface area (Å²) >= 11 is 0. The summed E-state index contributed by atoms with van der Waals surface area (Å²) in [7, 11) is 0. The molecule has 2 bridgehead atoms. The van der Waals surface area contributed by atoms with Crippen LogP contribution in [0.25, 0.3) is 0 Å². The lowest BCUT2D eigenvalue weighted by molar-refractivity contribution is -0.129. The highest BCUT2D eigenvalue weighted by atomic mass is 16.3. The van der Waals surface area contributed by atoms with Crippen molar-refractivity contribution in [3.8, 4) is 0 Å². The maximum Gasteiger partial charge on any atom is 0.225 e. The summed E-state index contributed by atoms with van der Waals surface area (Å²) in [4.78, 5) is 11.4. The Kier molecular flexibility index (Phi) is 2.02. The molecule has 4 heteroatoms. The van der Waals surface area contributed by atoms with Crippen molar-refractivity contribution in [1.82, 2.24) is 10.6 Å². The monoisotopic (exact) mass is 170 g/mol. The van der Waals surface area contributed by atoms with Crippen LogP contribution in [0.1, 0.15) is 6.42 Å². The van der Waals surface area contributed by atoms with Crippen LogP contribution in [-0.4, -0.2) is 36.8 Å². The Labute approximate surface area is 71.3 Å². The molecular weight excluding hydrogens is 156 g/mol. The minimum Gasteiger partial charge on any atom is -0.395 e. The van der Waals surface area contributed by atoms with E-state index in [0.717, 1.165) is 13.0 Å². The van der Waals surface area contributed by atoms with Crippen molar-refractivity contribution in [3.05, 3.63) is 0 Å². The van der Waals surface area contributed by atoms with E-state index in [2.05, 4.69) is 10.6 Å². The predicted molar refractivity (Wildman–Crippen MR) is 43.5 cm³/mol. The number of carbonyl (C=O) groups is 1. The van der Waals surface area contributed by atoms with Gasteiger partial charge in [-0.3, -0.25) is 4.79 Å². The van der Waals surface area contributed by atoms with E-state index < -0.39 is 0 Å². The molecule has 2 saturated heterocycles. The summed E-state index contributed by atoms with van der Waals surface area (Å²) in [5, 5.41) is 14.5. The van der Waals surface area contributed by atoms with Crippen LogP contribution in [0.5, 0.6) is 0 Å². The van der Waals surface area contributed by atoms with Crippen LogP contribution in [-0.2, 0) is 4.79 Å². The first kappa shape index (κ1) is 8.01. The number of amides is 1. The van der Waals surface area contributed by atoms with E-state index >= 15 is 0 Å². The molecule has 1 saturated carbocycles. The molecule has 1 aliphatic carbocycles. The van der Waals surface area contributed by atoms with Gasteiger partial charge in [-0.1, -0.05) is 0 Å². The van der Waals surface area contributed by atoms with Crippen LogP contribution in [0, 0.1) is 11.8 Å². The molecule has 68 valence electrons. The molecule has 2 heterocycles. The fourth-order valence-electron chi connectivity index (χ4n) is 2.17. The number of aliphatic hydroxyl groups is 1. The Morgan fingerprint density at radius 3 is 3.00 bits per heavy atom. The van der Waals surface area contributed by atoms with Crippen LogP contribution >= 0.6 is 0 Å². The van der Waals surface area contributed by atoms with Crippen molar-refractivity contribution >= 4 is 5.91 Å². The Morgan fingerprint density at radius 2 is 2.50 bits per heavy atom. The van der Waals surface area contributed by atoms with E-state index in [4.69, 9.17) is 5.11 Å². The average Bonchev–Trinajstić information content (AvgIpc) is 2.60. The number of fused-ring (bicyclic) bond motifs is 1. The third-order valence-corrected chi connectivity index (χ3v) is 2.85. The van der Waals surface area contributed by atoms with Gasteiger partial charge in [0.05, 0.1) is 12.5 Å². The van der Waals surface area contributed by atoms with E-state index in [-0.39, 0.29) is 18.4 Å². The SMILES string of the molecule is O=C(NCCO)C1C2CNC1C2. The number of rotatable bonds is 3. The molecule has 3 fully saturated rings. The molecule has 3 N–H and O–H groups in total. The highest BCUT2D eigenvalue weighted by molar-refractivity contribution is 5.81. The number of nitrogens with one attached hydrogen (secondary N) is 2. The van der Waals surface area contributed by atoms with E-state index in [1.807, 2.05) is 0 Å². The van der Waals surface area contributed by atoms with Crippen molar-refractivity contribution < 1.29 is 9.90 Å². The molecule has 4 nitrogen and oxygen atoms in total. The molecular formula is C8H14N2O2. The molecule has 0 radical (unpaired) electrons. The normalized spacial score (nSPS) is 37.6. The van der Waals surface area contributed by atoms with Crippen molar-refractivity contribution in [2.75, 3.05) is 19.7 Å². The molecule has 0 aromatic rings. The zero-order valence-corrected chi connectivity index (χ0v) is 6.92. The largest absolute Gasteiger partial charge is 0.395 e. The van der Waals surface area contributed by atoms with Gasteiger partial charge in [0.2, 0.25) is 5.91 Å². The fraction of sp³-hybridized carbons (Fsp3) is 0.875. The smallest absolute Gasteiger partial charge is 0.225 e. The van der Waals surface area contributed by atoms with Crippen LogP contribution < -0.4 is 10.6 Å². The lowest BCUT2D eigenvalue weighted by Crippen LogP contribution is -2.48. The minimum absolute atomic E-state index is 0.0290. The average molecular weight is 170 g/mol. The number of hydrogen-bond donors (Lipinski definition) is 3. The van der Waals surface area contributed by atoms with Crippen LogP contribution in [0.2, 0.25) is 0 Å². The van der Waals surface area contributed by atoms with Gasteiger partial charge in [-0.05, 0) is 18.9 Å². The summed E-state index contributed by atoms with van der Waals surface area (Å²) in [6.07, 6.45) is 1.15. The highest BCUT2D eigenvalue weighted by Gasteiger charge is 2.50. The standard InChI is InChI=1S/C8H14N2O2/c11-2-1-9-8(12)7-5-3-6(7)10-4-5/h5-7,10-11H,1-4H2,(H,9,12). The Bertz CT molecular complexity index is 181. The van der Waals surface area contributed by atoms with Crippen LogP contribution in [0.4, 0.5) is 0 Å². The Morgan fingerprint density at radius 1 is 1.67 bits per heavy atom. The first-order chi connectivity index (χ1) is 5.83. The summed E-state index contributed by atoms with van der Waals surface area (Å²) < 4.78 is 0. The molecule has 3 aliphatic rings. The highest BCUT2D eigenvalue weighted by Crippen LogP contribution is 2.39. The summed E-state index contributed by atoms with van der Waals surface area (Å²) in [6, 6.07) is 0.411. The van der Waals surface area contributed by atoms with Crippen molar-refractivity contribution in [1.29, 1.82) is 0 Å². The molecule has 3 atom stereocenters. The lowest BCUT2D eigenvalue weighted by atomic mass is 9.73. The van der Waals surface area contributed by atoms with Gasteiger partial charge >= 0.3 is 0 Å². The maximum atomic E-state index is 11.4. The van der Waals surface area contributed by atoms with Gasteiger partial charge in [0, 0.05) is 12.6 Å². The van der Waals surface area contributed by atoms with Gasteiger partial charge in [0.15, 0.2) is 0 Å². The van der Waals surface area contributed by atoms with Crippen LogP contribution in [0.3, 0.4) is 0 Å². The molecule has 12 heavy (non-hydrogen) atoms. The molecule has 3 unspecified atom stereocenters. The molecule has 1 amide bonds. The quantitative estimate of drug-likeness (QED) is 0.493. The minimum atomic E-state index is 0.0290. The predicted octanol–water partition coefficient (Wildman–Crippen LogP) is -1.30. The number of aliphatic hydroxyl groups excluding tert-OH is 1. The van der Waals surface area contributed by atoms with Crippen molar-refractivity contribution in [2.45, 2.75) is 12.5 Å². The van der Waals surface area contributed by atoms with E-state index in [9.17, 15) is 4.79 Å². The summed E-state index contributed by atoms with van der Waals surface area (Å²) in [6.45, 7) is 1.40.